The van der Waals surface area contributed by atoms with Gasteiger partial charge in [0.2, 0.25) is 0 Å². The van der Waals surface area contributed by atoms with Crippen LogP contribution in [0, 0.1) is 20.8 Å². The van der Waals surface area contributed by atoms with Crippen molar-refractivity contribution in [2.75, 3.05) is 7.11 Å². The molecule has 0 unspecified atom stereocenters. The van der Waals surface area contributed by atoms with E-state index in [1.807, 2.05) is 19.9 Å². The molecule has 0 atom stereocenters. The predicted molar refractivity (Wildman–Crippen MR) is 75.3 cm³/mol. The van der Waals surface area contributed by atoms with E-state index < -0.39 is 0 Å². The van der Waals surface area contributed by atoms with Gasteiger partial charge < -0.3 is 9.15 Å². The van der Waals surface area contributed by atoms with Crippen molar-refractivity contribution < 1.29 is 9.15 Å². The van der Waals surface area contributed by atoms with Crippen LogP contribution in [0.3, 0.4) is 0 Å². The van der Waals surface area contributed by atoms with Crippen molar-refractivity contribution >= 4 is 15.9 Å². The smallest absolute Gasteiger partial charge is 0.191 e. The molecule has 4 heteroatoms. The van der Waals surface area contributed by atoms with Crippen LogP contribution < -0.4 is 4.74 Å². The summed E-state index contributed by atoms with van der Waals surface area (Å²) in [6, 6.07) is 4.13. The van der Waals surface area contributed by atoms with E-state index >= 15 is 0 Å². The Hall–Kier alpha value is -1.29. The van der Waals surface area contributed by atoms with E-state index in [1.165, 1.54) is 0 Å². The third kappa shape index (κ3) is 2.29. The van der Waals surface area contributed by atoms with Gasteiger partial charge in [0.25, 0.3) is 0 Å². The summed E-state index contributed by atoms with van der Waals surface area (Å²) in [7, 11) is 1.69. The summed E-state index contributed by atoms with van der Waals surface area (Å²) >= 11 is 3.43. The quantitative estimate of drug-likeness (QED) is 0.798. The largest absolute Gasteiger partial charge is 0.496 e. The standard InChI is InChI=1S/C14H16BrNO2/c1-8-6-12(17-4)9(2)5-11(8)14-13(7-15)18-10(3)16-14/h5-6H,7H2,1-4H3. The first-order valence-corrected chi connectivity index (χ1v) is 6.86. The molecule has 0 N–H and O–H groups in total. The molecule has 0 bridgehead atoms. The maximum absolute atomic E-state index is 5.58. The highest BCUT2D eigenvalue weighted by atomic mass is 79.9. The minimum Gasteiger partial charge on any atom is -0.496 e. The Morgan fingerprint density at radius 3 is 2.56 bits per heavy atom. The van der Waals surface area contributed by atoms with Crippen molar-refractivity contribution in [3.8, 4) is 17.0 Å². The molecule has 0 aliphatic heterocycles. The number of alkyl halides is 1. The molecule has 1 aromatic carbocycles. The summed E-state index contributed by atoms with van der Waals surface area (Å²) in [5, 5.41) is 0.660. The number of hydrogen-bond donors (Lipinski definition) is 0. The van der Waals surface area contributed by atoms with Crippen LogP contribution in [0.4, 0.5) is 0 Å². The van der Waals surface area contributed by atoms with Crippen molar-refractivity contribution in [1.29, 1.82) is 0 Å². The molecule has 0 fully saturated rings. The summed E-state index contributed by atoms with van der Waals surface area (Å²) in [6.45, 7) is 5.95. The number of rotatable bonds is 3. The number of ether oxygens (including phenoxy) is 1. The van der Waals surface area contributed by atoms with Crippen LogP contribution >= 0.6 is 15.9 Å². The monoisotopic (exact) mass is 309 g/mol. The zero-order valence-corrected chi connectivity index (χ0v) is 12.6. The predicted octanol–water partition coefficient (Wildman–Crippen LogP) is 4.17. The number of aryl methyl sites for hydroxylation is 3. The van der Waals surface area contributed by atoms with E-state index in [4.69, 9.17) is 9.15 Å². The Morgan fingerprint density at radius 2 is 1.94 bits per heavy atom. The summed E-state index contributed by atoms with van der Waals surface area (Å²) in [5.74, 6) is 2.45. The Labute approximate surface area is 115 Å². The maximum atomic E-state index is 5.58. The SMILES string of the molecule is COc1cc(C)c(-c2nc(C)oc2CBr)cc1C. The second-order valence-electron chi connectivity index (χ2n) is 4.28. The molecule has 0 saturated heterocycles. The summed E-state index contributed by atoms with van der Waals surface area (Å²) in [6.07, 6.45) is 0. The Bertz CT molecular complexity index is 575. The molecule has 0 radical (unpaired) electrons. The molecule has 0 saturated carbocycles. The number of aromatic nitrogens is 1. The first kappa shape index (κ1) is 13.1. The first-order valence-electron chi connectivity index (χ1n) is 5.74. The molecular formula is C14H16BrNO2. The van der Waals surface area contributed by atoms with Gasteiger partial charge in [-0.15, -0.1) is 0 Å². The molecular weight excluding hydrogens is 294 g/mol. The van der Waals surface area contributed by atoms with Crippen molar-refractivity contribution in [1.82, 2.24) is 4.98 Å². The number of methoxy groups -OCH3 is 1. The highest BCUT2D eigenvalue weighted by Gasteiger charge is 2.15. The lowest BCUT2D eigenvalue weighted by atomic mass is 10.0. The molecule has 0 amide bonds. The fraction of sp³-hybridized carbons (Fsp3) is 0.357. The van der Waals surface area contributed by atoms with Crippen LogP contribution in [0.25, 0.3) is 11.3 Å². The molecule has 0 aliphatic rings. The number of benzene rings is 1. The van der Waals surface area contributed by atoms with Gasteiger partial charge in [-0.2, -0.15) is 0 Å². The zero-order valence-electron chi connectivity index (χ0n) is 11.0. The lowest BCUT2D eigenvalue weighted by Crippen LogP contribution is -1.93. The lowest BCUT2D eigenvalue weighted by Gasteiger charge is -2.10. The molecule has 2 aromatic rings. The van der Waals surface area contributed by atoms with E-state index in [0.717, 1.165) is 33.9 Å². The number of halogens is 1. The highest BCUT2D eigenvalue weighted by Crippen LogP contribution is 2.32. The van der Waals surface area contributed by atoms with Gasteiger partial charge in [-0.3, -0.25) is 0 Å². The van der Waals surface area contributed by atoms with Crippen LogP contribution in [0.2, 0.25) is 0 Å². The van der Waals surface area contributed by atoms with Crippen molar-refractivity contribution in [2.24, 2.45) is 0 Å². The van der Waals surface area contributed by atoms with Gasteiger partial charge in [0.05, 0.1) is 12.4 Å². The molecule has 96 valence electrons. The Kier molecular flexibility index (Phi) is 3.76. The molecule has 1 heterocycles. The van der Waals surface area contributed by atoms with Crippen molar-refractivity contribution in [3.63, 3.8) is 0 Å². The summed E-state index contributed by atoms with van der Waals surface area (Å²) < 4.78 is 10.9. The van der Waals surface area contributed by atoms with Gasteiger partial charge in [0, 0.05) is 12.5 Å². The van der Waals surface area contributed by atoms with E-state index in [1.54, 1.807) is 7.11 Å². The number of nitrogens with zero attached hydrogens (tertiary/aromatic N) is 1. The summed E-state index contributed by atoms with van der Waals surface area (Å²) in [5.41, 5.74) is 4.24. The van der Waals surface area contributed by atoms with E-state index in [0.29, 0.717) is 11.2 Å². The molecule has 1 aromatic heterocycles. The Balaban J connectivity index is 2.60. The third-order valence-electron chi connectivity index (χ3n) is 2.92. The topological polar surface area (TPSA) is 35.3 Å². The third-order valence-corrected chi connectivity index (χ3v) is 3.43. The van der Waals surface area contributed by atoms with Crippen LogP contribution in [0.15, 0.2) is 16.5 Å². The van der Waals surface area contributed by atoms with Gasteiger partial charge in [-0.25, -0.2) is 4.98 Å². The molecule has 0 aliphatic carbocycles. The number of hydrogen-bond acceptors (Lipinski definition) is 3. The Morgan fingerprint density at radius 1 is 1.22 bits per heavy atom. The van der Waals surface area contributed by atoms with Crippen molar-refractivity contribution in [3.05, 3.63) is 34.9 Å². The van der Waals surface area contributed by atoms with Gasteiger partial charge in [-0.1, -0.05) is 15.9 Å². The van der Waals surface area contributed by atoms with E-state index in [2.05, 4.69) is 33.9 Å². The van der Waals surface area contributed by atoms with E-state index in [9.17, 15) is 0 Å². The van der Waals surface area contributed by atoms with Gasteiger partial charge in [-0.05, 0) is 37.1 Å². The highest BCUT2D eigenvalue weighted by molar-refractivity contribution is 9.08. The minimum atomic E-state index is 0.660. The lowest BCUT2D eigenvalue weighted by molar-refractivity contribution is 0.411. The fourth-order valence-corrected chi connectivity index (χ4v) is 2.42. The maximum Gasteiger partial charge on any atom is 0.191 e. The second kappa shape index (κ2) is 5.14. The minimum absolute atomic E-state index is 0.660. The van der Waals surface area contributed by atoms with Gasteiger partial charge in [0.15, 0.2) is 5.89 Å². The van der Waals surface area contributed by atoms with Crippen LogP contribution in [0.5, 0.6) is 5.75 Å². The molecule has 0 spiro atoms. The fourth-order valence-electron chi connectivity index (χ4n) is 2.03. The van der Waals surface area contributed by atoms with E-state index in [-0.39, 0.29) is 0 Å². The number of oxazole rings is 1. The van der Waals surface area contributed by atoms with Crippen molar-refractivity contribution in [2.45, 2.75) is 26.1 Å². The van der Waals surface area contributed by atoms with Crippen LogP contribution in [-0.2, 0) is 5.33 Å². The van der Waals surface area contributed by atoms with Crippen LogP contribution in [-0.4, -0.2) is 12.1 Å². The average Bonchev–Trinajstić information content (AvgIpc) is 2.72. The molecule has 3 nitrogen and oxygen atoms in total. The van der Waals surface area contributed by atoms with Gasteiger partial charge in [0.1, 0.15) is 17.2 Å². The first-order chi connectivity index (χ1) is 8.56. The average molecular weight is 310 g/mol. The van der Waals surface area contributed by atoms with Crippen LogP contribution in [0.1, 0.15) is 22.8 Å². The zero-order chi connectivity index (χ0) is 13.3. The summed E-state index contributed by atoms with van der Waals surface area (Å²) in [4.78, 5) is 4.47. The second-order valence-corrected chi connectivity index (χ2v) is 4.84. The van der Waals surface area contributed by atoms with Gasteiger partial charge >= 0.3 is 0 Å². The molecule has 2 rings (SSSR count). The normalized spacial score (nSPS) is 10.7. The molecule has 18 heavy (non-hydrogen) atoms.